The molecule has 4 heterocycles. The zero-order valence-electron chi connectivity index (χ0n) is 15.3. The first-order valence-corrected chi connectivity index (χ1v) is 10.6. The lowest BCUT2D eigenvalue weighted by Gasteiger charge is -2.10. The van der Waals surface area contributed by atoms with Crippen molar-refractivity contribution in [3.05, 3.63) is 67.1 Å². The third-order valence-corrected chi connectivity index (χ3v) is 5.25. The second-order valence-corrected chi connectivity index (χ2v) is 7.91. The molecule has 0 bridgehead atoms. The molecule has 0 aliphatic carbocycles. The van der Waals surface area contributed by atoms with Crippen LogP contribution in [0.1, 0.15) is 5.76 Å². The fourth-order valence-corrected chi connectivity index (χ4v) is 3.83. The van der Waals surface area contributed by atoms with Gasteiger partial charge < -0.3 is 15.1 Å². The van der Waals surface area contributed by atoms with Crippen molar-refractivity contribution in [3.8, 4) is 0 Å². The van der Waals surface area contributed by atoms with E-state index in [1.807, 2.05) is 18.2 Å². The Bertz CT molecular complexity index is 1040. The number of aromatic nitrogens is 6. The first-order chi connectivity index (χ1) is 14.7. The molecule has 12 heteroatoms. The molecule has 0 atom stereocenters. The van der Waals surface area contributed by atoms with Crippen LogP contribution in [-0.4, -0.2) is 35.0 Å². The Morgan fingerprint density at radius 3 is 2.03 bits per heavy atom. The van der Waals surface area contributed by atoms with Gasteiger partial charge in [-0.05, 0) is 60.0 Å². The van der Waals surface area contributed by atoms with Gasteiger partial charge in [0.05, 0.1) is 12.8 Å². The monoisotopic (exact) mass is 454 g/mol. The summed E-state index contributed by atoms with van der Waals surface area (Å²) in [6.07, 6.45) is 8.32. The quantitative estimate of drug-likeness (QED) is 0.242. The molecule has 150 valence electrons. The molecule has 2 N–H and O–H groups in total. The molecule has 0 spiro atoms. The predicted octanol–water partition coefficient (Wildman–Crippen LogP) is 3.44. The van der Waals surface area contributed by atoms with Crippen LogP contribution in [-0.2, 0) is 6.54 Å². The van der Waals surface area contributed by atoms with E-state index in [1.165, 1.54) is 23.5 Å². The molecule has 4 rings (SSSR count). The first-order valence-electron chi connectivity index (χ1n) is 8.61. The molecule has 0 saturated heterocycles. The molecule has 4 aromatic heterocycles. The van der Waals surface area contributed by atoms with Crippen LogP contribution in [0.4, 0.5) is 5.95 Å². The van der Waals surface area contributed by atoms with E-state index in [2.05, 4.69) is 40.5 Å². The summed E-state index contributed by atoms with van der Waals surface area (Å²) in [6.45, 7) is 0.449. The van der Waals surface area contributed by atoms with Crippen molar-refractivity contribution in [1.29, 1.82) is 0 Å². The molecule has 0 saturated carbocycles. The van der Waals surface area contributed by atoms with Gasteiger partial charge in [-0.2, -0.15) is 0 Å². The van der Waals surface area contributed by atoms with Crippen LogP contribution in [0.15, 0.2) is 86.2 Å². The highest BCUT2D eigenvalue weighted by Gasteiger charge is 2.11. The van der Waals surface area contributed by atoms with E-state index >= 15 is 0 Å². The van der Waals surface area contributed by atoms with Crippen molar-refractivity contribution in [2.45, 2.75) is 26.9 Å². The maximum atomic E-state index is 5.35. The summed E-state index contributed by atoms with van der Waals surface area (Å²) in [6, 6.07) is 9.02. The summed E-state index contributed by atoms with van der Waals surface area (Å²) in [7, 11) is 0. The van der Waals surface area contributed by atoms with E-state index in [1.54, 1.807) is 43.2 Å². The van der Waals surface area contributed by atoms with Crippen LogP contribution in [0, 0.1) is 0 Å². The van der Waals surface area contributed by atoms with Crippen LogP contribution in [0.2, 0.25) is 0 Å². The van der Waals surface area contributed by atoms with Crippen molar-refractivity contribution < 1.29 is 4.42 Å². The molecular formula is C18H14N8OS3. The zero-order valence-corrected chi connectivity index (χ0v) is 17.7. The van der Waals surface area contributed by atoms with Gasteiger partial charge in [-0.3, -0.25) is 0 Å². The number of hydrogen-bond acceptors (Lipinski definition) is 10. The topological polar surface area (TPSA) is 115 Å². The fraction of sp³-hybridized carbons (Fsp3) is 0.0556. The minimum absolute atomic E-state index is 0.339. The number of furan rings is 1. The molecule has 0 aliphatic rings. The predicted molar refractivity (Wildman–Crippen MR) is 116 cm³/mol. The van der Waals surface area contributed by atoms with Gasteiger partial charge in [0, 0.05) is 30.9 Å². The highest BCUT2D eigenvalue weighted by atomic mass is 32.2. The van der Waals surface area contributed by atoms with Crippen molar-refractivity contribution in [2.24, 2.45) is 0 Å². The lowest BCUT2D eigenvalue weighted by Crippen LogP contribution is -2.28. The Labute approximate surface area is 185 Å². The van der Waals surface area contributed by atoms with E-state index in [4.69, 9.17) is 16.6 Å². The molecular weight excluding hydrogens is 440 g/mol. The molecule has 0 aromatic carbocycles. The average Bonchev–Trinajstić information content (AvgIpc) is 3.27. The standard InChI is InChI=1S/C18H14N8OS3/c28-16(23-11-12-4-1-9-27-12)26-15-24-13(29-17-19-5-2-6-20-17)10-14(25-15)30-18-21-7-3-8-22-18/h1-10H,11H2,(H2,23,24,25,26,28). The number of nitrogens with zero attached hydrogens (tertiary/aromatic N) is 6. The summed E-state index contributed by atoms with van der Waals surface area (Å²) in [5.74, 6) is 1.11. The molecule has 0 radical (unpaired) electrons. The number of rotatable bonds is 7. The van der Waals surface area contributed by atoms with Gasteiger partial charge in [-0.15, -0.1) is 0 Å². The van der Waals surface area contributed by atoms with Crippen molar-refractivity contribution in [2.75, 3.05) is 5.32 Å². The Morgan fingerprint density at radius 2 is 1.50 bits per heavy atom. The van der Waals surface area contributed by atoms with Crippen molar-refractivity contribution in [1.82, 2.24) is 35.2 Å². The van der Waals surface area contributed by atoms with E-state index in [0.29, 0.717) is 38.0 Å². The lowest BCUT2D eigenvalue weighted by molar-refractivity contribution is 0.503. The number of thiocarbonyl (C=S) groups is 1. The van der Waals surface area contributed by atoms with Gasteiger partial charge in [0.2, 0.25) is 5.95 Å². The van der Waals surface area contributed by atoms with Crippen LogP contribution in [0.5, 0.6) is 0 Å². The summed E-state index contributed by atoms with van der Waals surface area (Å²) in [5, 5.41) is 8.90. The molecule has 0 amide bonds. The summed E-state index contributed by atoms with van der Waals surface area (Å²) >= 11 is 7.99. The maximum Gasteiger partial charge on any atom is 0.231 e. The SMILES string of the molecule is S=C(NCc1ccco1)Nc1nc(Sc2ncccn2)cc(Sc2ncccn2)n1. The fourth-order valence-electron chi connectivity index (χ4n) is 2.15. The second-order valence-electron chi connectivity index (χ2n) is 5.52. The van der Waals surface area contributed by atoms with Crippen LogP contribution in [0.25, 0.3) is 0 Å². The Balaban J connectivity index is 1.52. The largest absolute Gasteiger partial charge is 0.467 e. The molecule has 30 heavy (non-hydrogen) atoms. The van der Waals surface area contributed by atoms with Gasteiger partial charge in [-0.1, -0.05) is 0 Å². The van der Waals surface area contributed by atoms with Gasteiger partial charge >= 0.3 is 0 Å². The lowest BCUT2D eigenvalue weighted by atomic mass is 10.4. The highest BCUT2D eigenvalue weighted by Crippen LogP contribution is 2.29. The Hall–Kier alpha value is -3.09. The van der Waals surface area contributed by atoms with Crippen molar-refractivity contribution in [3.63, 3.8) is 0 Å². The van der Waals surface area contributed by atoms with E-state index in [0.717, 1.165) is 5.76 Å². The summed E-state index contributed by atoms with van der Waals surface area (Å²) in [4.78, 5) is 25.9. The van der Waals surface area contributed by atoms with E-state index in [9.17, 15) is 0 Å². The minimum Gasteiger partial charge on any atom is -0.467 e. The van der Waals surface area contributed by atoms with Gasteiger partial charge in [0.1, 0.15) is 15.8 Å². The van der Waals surface area contributed by atoms with Crippen LogP contribution < -0.4 is 10.6 Å². The second kappa shape index (κ2) is 10.1. The number of nitrogens with one attached hydrogen (secondary N) is 2. The summed E-state index contributed by atoms with van der Waals surface area (Å²) in [5.41, 5.74) is 0. The summed E-state index contributed by atoms with van der Waals surface area (Å²) < 4.78 is 5.29. The van der Waals surface area contributed by atoms with Gasteiger partial charge in [0.15, 0.2) is 15.4 Å². The first kappa shape index (κ1) is 20.2. The third-order valence-electron chi connectivity index (χ3n) is 3.38. The van der Waals surface area contributed by atoms with Crippen LogP contribution in [0.3, 0.4) is 0 Å². The number of anilines is 1. The minimum atomic E-state index is 0.339. The Kier molecular flexibility index (Phi) is 6.79. The van der Waals surface area contributed by atoms with E-state index in [-0.39, 0.29) is 0 Å². The molecule has 0 unspecified atom stereocenters. The molecule has 0 aliphatic heterocycles. The molecule has 4 aromatic rings. The molecule has 0 fully saturated rings. The van der Waals surface area contributed by atoms with Gasteiger partial charge in [0.25, 0.3) is 0 Å². The smallest absolute Gasteiger partial charge is 0.231 e. The number of hydrogen-bond donors (Lipinski definition) is 2. The van der Waals surface area contributed by atoms with E-state index < -0.39 is 0 Å². The maximum absolute atomic E-state index is 5.35. The highest BCUT2D eigenvalue weighted by molar-refractivity contribution is 7.99. The Morgan fingerprint density at radius 1 is 0.900 bits per heavy atom. The van der Waals surface area contributed by atoms with Gasteiger partial charge in [-0.25, -0.2) is 29.9 Å². The zero-order chi connectivity index (χ0) is 20.6. The van der Waals surface area contributed by atoms with Crippen LogP contribution >= 0.6 is 35.7 Å². The third kappa shape index (κ3) is 5.95. The normalized spacial score (nSPS) is 10.5. The average molecular weight is 455 g/mol. The van der Waals surface area contributed by atoms with Crippen molar-refractivity contribution >= 4 is 46.8 Å². The molecule has 9 nitrogen and oxygen atoms in total.